The van der Waals surface area contributed by atoms with E-state index in [0.29, 0.717) is 31.3 Å². The first kappa shape index (κ1) is 11.6. The summed E-state index contributed by atoms with van der Waals surface area (Å²) in [5, 5.41) is 13.0. The molecule has 0 aliphatic carbocycles. The van der Waals surface area contributed by atoms with Gasteiger partial charge < -0.3 is 14.4 Å². The first-order valence-electron chi connectivity index (χ1n) is 5.49. The predicted octanol–water partition coefficient (Wildman–Crippen LogP) is 2.02. The lowest BCUT2D eigenvalue weighted by molar-refractivity contribution is 0.144. The molecule has 0 atom stereocenters. The maximum Gasteiger partial charge on any atom is 0.229 e. The van der Waals surface area contributed by atoms with Gasteiger partial charge in [0.1, 0.15) is 5.75 Å². The highest BCUT2D eigenvalue weighted by Crippen LogP contribution is 2.18. The van der Waals surface area contributed by atoms with Crippen molar-refractivity contribution in [2.45, 2.75) is 13.3 Å². The lowest BCUT2D eigenvalue weighted by Crippen LogP contribution is -1.97. The van der Waals surface area contributed by atoms with Crippen LogP contribution in [-0.4, -0.2) is 28.5 Å². The highest BCUT2D eigenvalue weighted by atomic mass is 16.5. The largest absolute Gasteiger partial charge is 0.508 e. The fourth-order valence-corrected chi connectivity index (χ4v) is 1.39. The molecule has 5 nitrogen and oxygen atoms in total. The van der Waals surface area contributed by atoms with Crippen molar-refractivity contribution in [3.8, 4) is 17.1 Å². The van der Waals surface area contributed by atoms with Crippen molar-refractivity contribution in [2.75, 3.05) is 13.2 Å². The smallest absolute Gasteiger partial charge is 0.229 e. The van der Waals surface area contributed by atoms with Crippen LogP contribution < -0.4 is 0 Å². The average Bonchev–Trinajstić information content (AvgIpc) is 2.79. The SMILES string of the molecule is CCOCCc1nc(-c2ccc(O)cc2)no1. The molecule has 1 N–H and O–H groups in total. The number of aromatic nitrogens is 2. The quantitative estimate of drug-likeness (QED) is 0.801. The van der Waals surface area contributed by atoms with Gasteiger partial charge in [0, 0.05) is 12.2 Å². The molecule has 0 aliphatic rings. The van der Waals surface area contributed by atoms with Crippen molar-refractivity contribution in [1.29, 1.82) is 0 Å². The van der Waals surface area contributed by atoms with Crippen LogP contribution in [0.2, 0.25) is 0 Å². The van der Waals surface area contributed by atoms with Crippen molar-refractivity contribution in [2.24, 2.45) is 0 Å². The van der Waals surface area contributed by atoms with E-state index in [1.807, 2.05) is 6.92 Å². The van der Waals surface area contributed by atoms with Crippen molar-refractivity contribution in [3.63, 3.8) is 0 Å². The van der Waals surface area contributed by atoms with Crippen LogP contribution in [-0.2, 0) is 11.2 Å². The molecule has 0 bridgehead atoms. The van der Waals surface area contributed by atoms with E-state index in [2.05, 4.69) is 10.1 Å². The molecule has 0 spiro atoms. The van der Waals surface area contributed by atoms with E-state index in [1.54, 1.807) is 24.3 Å². The van der Waals surface area contributed by atoms with Crippen LogP contribution in [0, 0.1) is 0 Å². The van der Waals surface area contributed by atoms with Gasteiger partial charge in [0.15, 0.2) is 0 Å². The first-order chi connectivity index (χ1) is 8.29. The summed E-state index contributed by atoms with van der Waals surface area (Å²) in [6, 6.07) is 6.66. The van der Waals surface area contributed by atoms with E-state index >= 15 is 0 Å². The minimum absolute atomic E-state index is 0.216. The highest BCUT2D eigenvalue weighted by Gasteiger charge is 2.08. The first-order valence-corrected chi connectivity index (χ1v) is 5.49. The number of rotatable bonds is 5. The van der Waals surface area contributed by atoms with Crippen LogP contribution in [0.25, 0.3) is 11.4 Å². The van der Waals surface area contributed by atoms with Crippen LogP contribution >= 0.6 is 0 Å². The zero-order chi connectivity index (χ0) is 12.1. The van der Waals surface area contributed by atoms with E-state index < -0.39 is 0 Å². The topological polar surface area (TPSA) is 68.4 Å². The Labute approximate surface area is 99.0 Å². The van der Waals surface area contributed by atoms with Gasteiger partial charge >= 0.3 is 0 Å². The van der Waals surface area contributed by atoms with Crippen LogP contribution in [0.5, 0.6) is 5.75 Å². The van der Waals surface area contributed by atoms with Gasteiger partial charge in [-0.3, -0.25) is 0 Å². The summed E-state index contributed by atoms with van der Waals surface area (Å²) >= 11 is 0. The molecule has 17 heavy (non-hydrogen) atoms. The third kappa shape index (κ3) is 3.04. The lowest BCUT2D eigenvalue weighted by atomic mass is 10.2. The molecule has 1 aromatic heterocycles. The van der Waals surface area contributed by atoms with Crippen LogP contribution in [0.3, 0.4) is 0 Å². The Morgan fingerprint density at radius 1 is 1.29 bits per heavy atom. The minimum Gasteiger partial charge on any atom is -0.508 e. The lowest BCUT2D eigenvalue weighted by Gasteiger charge is -1.95. The Morgan fingerprint density at radius 2 is 2.06 bits per heavy atom. The summed E-state index contributed by atoms with van der Waals surface area (Å²) in [5.74, 6) is 1.30. The third-order valence-corrected chi connectivity index (χ3v) is 2.26. The zero-order valence-corrected chi connectivity index (χ0v) is 9.59. The molecule has 1 heterocycles. The molecular formula is C12H14N2O3. The fraction of sp³-hybridized carbons (Fsp3) is 0.333. The highest BCUT2D eigenvalue weighted by molar-refractivity contribution is 5.55. The molecule has 0 saturated heterocycles. The van der Waals surface area contributed by atoms with Gasteiger partial charge in [-0.1, -0.05) is 5.16 Å². The fourth-order valence-electron chi connectivity index (χ4n) is 1.39. The van der Waals surface area contributed by atoms with Crippen molar-refractivity contribution in [1.82, 2.24) is 10.1 Å². The Kier molecular flexibility index (Phi) is 3.72. The van der Waals surface area contributed by atoms with Gasteiger partial charge in [0.2, 0.25) is 11.7 Å². The molecular weight excluding hydrogens is 220 g/mol. The standard InChI is InChI=1S/C12H14N2O3/c1-2-16-8-7-11-13-12(14-17-11)9-3-5-10(15)6-4-9/h3-6,15H,2,7-8H2,1H3. The average molecular weight is 234 g/mol. The summed E-state index contributed by atoms with van der Waals surface area (Å²) in [6.07, 6.45) is 0.610. The maximum atomic E-state index is 9.17. The van der Waals surface area contributed by atoms with E-state index in [0.717, 1.165) is 5.56 Å². The molecule has 5 heteroatoms. The van der Waals surface area contributed by atoms with Crippen LogP contribution in [0.1, 0.15) is 12.8 Å². The van der Waals surface area contributed by atoms with E-state index in [-0.39, 0.29) is 5.75 Å². The van der Waals surface area contributed by atoms with Gasteiger partial charge in [-0.2, -0.15) is 4.98 Å². The molecule has 2 rings (SSSR count). The zero-order valence-electron chi connectivity index (χ0n) is 9.59. The molecule has 0 radical (unpaired) electrons. The van der Waals surface area contributed by atoms with Gasteiger partial charge in [0.25, 0.3) is 0 Å². The molecule has 0 saturated carbocycles. The predicted molar refractivity (Wildman–Crippen MR) is 61.6 cm³/mol. The number of nitrogens with zero attached hydrogens (tertiary/aromatic N) is 2. The van der Waals surface area contributed by atoms with E-state index in [4.69, 9.17) is 9.26 Å². The maximum absolute atomic E-state index is 9.17. The number of ether oxygens (including phenoxy) is 1. The van der Waals surface area contributed by atoms with Crippen LogP contribution in [0.15, 0.2) is 28.8 Å². The Morgan fingerprint density at radius 3 is 2.76 bits per heavy atom. The molecule has 0 amide bonds. The second-order valence-electron chi connectivity index (χ2n) is 3.51. The molecule has 0 unspecified atom stereocenters. The van der Waals surface area contributed by atoms with E-state index in [9.17, 15) is 5.11 Å². The number of phenolic OH excluding ortho intramolecular Hbond substituents is 1. The molecule has 0 aliphatic heterocycles. The van der Waals surface area contributed by atoms with Gasteiger partial charge in [-0.25, -0.2) is 0 Å². The molecule has 0 fully saturated rings. The number of phenols is 1. The number of benzene rings is 1. The third-order valence-electron chi connectivity index (χ3n) is 2.26. The normalized spacial score (nSPS) is 10.6. The van der Waals surface area contributed by atoms with Crippen molar-refractivity contribution < 1.29 is 14.4 Å². The minimum atomic E-state index is 0.216. The molecule has 90 valence electrons. The second-order valence-corrected chi connectivity index (χ2v) is 3.51. The monoisotopic (exact) mass is 234 g/mol. The summed E-state index contributed by atoms with van der Waals surface area (Å²) < 4.78 is 10.3. The van der Waals surface area contributed by atoms with Crippen LogP contribution in [0.4, 0.5) is 0 Å². The second kappa shape index (κ2) is 5.45. The Hall–Kier alpha value is -1.88. The van der Waals surface area contributed by atoms with Gasteiger partial charge in [0.05, 0.1) is 13.0 Å². The molecule has 2 aromatic rings. The van der Waals surface area contributed by atoms with E-state index in [1.165, 1.54) is 0 Å². The summed E-state index contributed by atoms with van der Waals surface area (Å²) in [7, 11) is 0. The van der Waals surface area contributed by atoms with Gasteiger partial charge in [-0.15, -0.1) is 0 Å². The number of hydrogen-bond donors (Lipinski definition) is 1. The number of hydrogen-bond acceptors (Lipinski definition) is 5. The Balaban J connectivity index is 2.04. The van der Waals surface area contributed by atoms with Crippen molar-refractivity contribution >= 4 is 0 Å². The number of aromatic hydroxyl groups is 1. The Bertz CT molecular complexity index is 465. The summed E-state index contributed by atoms with van der Waals surface area (Å²) in [5.41, 5.74) is 0.814. The van der Waals surface area contributed by atoms with Crippen molar-refractivity contribution in [3.05, 3.63) is 30.2 Å². The summed E-state index contributed by atoms with van der Waals surface area (Å²) in [6.45, 7) is 3.20. The molecule has 1 aromatic carbocycles. The summed E-state index contributed by atoms with van der Waals surface area (Å²) in [4.78, 5) is 4.24. The van der Waals surface area contributed by atoms with Gasteiger partial charge in [-0.05, 0) is 31.2 Å².